The lowest BCUT2D eigenvalue weighted by Gasteiger charge is -2.07. The van der Waals surface area contributed by atoms with Crippen LogP contribution in [0.5, 0.6) is 0 Å². The summed E-state index contributed by atoms with van der Waals surface area (Å²) in [6, 6.07) is 1.92. The van der Waals surface area contributed by atoms with Crippen molar-refractivity contribution in [1.82, 2.24) is 9.78 Å². The molecule has 1 aliphatic rings. The van der Waals surface area contributed by atoms with Crippen molar-refractivity contribution in [2.24, 2.45) is 0 Å². The lowest BCUT2D eigenvalue weighted by atomic mass is 10.3. The van der Waals surface area contributed by atoms with Gasteiger partial charge in [0.15, 0.2) is 0 Å². The third-order valence-corrected chi connectivity index (χ3v) is 1.73. The highest BCUT2D eigenvalue weighted by Crippen LogP contribution is 2.20. The molecule has 0 bridgehead atoms. The van der Waals surface area contributed by atoms with Gasteiger partial charge in [0.05, 0.1) is 0 Å². The van der Waals surface area contributed by atoms with Gasteiger partial charge in [-0.3, -0.25) is 0 Å². The Morgan fingerprint density at radius 1 is 1.60 bits per heavy atom. The van der Waals surface area contributed by atoms with E-state index in [1.807, 2.05) is 16.9 Å². The fraction of sp³-hybridized carbons (Fsp3) is 0.571. The van der Waals surface area contributed by atoms with Crippen LogP contribution >= 0.6 is 0 Å². The first-order valence-electron chi connectivity index (χ1n) is 3.57. The maximum atomic E-state index is 5.40. The topological polar surface area (TPSA) is 27.1 Å². The van der Waals surface area contributed by atoms with Crippen molar-refractivity contribution in [3.05, 3.63) is 18.5 Å². The first kappa shape index (κ1) is 5.92. The van der Waals surface area contributed by atoms with Gasteiger partial charge < -0.3 is 4.74 Å². The molecule has 0 amide bonds. The van der Waals surface area contributed by atoms with Gasteiger partial charge in [0.1, 0.15) is 6.23 Å². The van der Waals surface area contributed by atoms with Crippen LogP contribution in [0.25, 0.3) is 0 Å². The van der Waals surface area contributed by atoms with Gasteiger partial charge >= 0.3 is 0 Å². The van der Waals surface area contributed by atoms with Crippen molar-refractivity contribution < 1.29 is 4.74 Å². The van der Waals surface area contributed by atoms with Crippen LogP contribution in [0.2, 0.25) is 0 Å². The second-order valence-corrected chi connectivity index (χ2v) is 2.45. The van der Waals surface area contributed by atoms with Gasteiger partial charge in [-0.1, -0.05) is 0 Å². The summed E-state index contributed by atoms with van der Waals surface area (Å²) < 4.78 is 7.27. The van der Waals surface area contributed by atoms with E-state index in [1.54, 1.807) is 6.20 Å². The predicted molar refractivity (Wildman–Crippen MR) is 36.5 cm³/mol. The van der Waals surface area contributed by atoms with E-state index in [0.29, 0.717) is 0 Å². The summed E-state index contributed by atoms with van der Waals surface area (Å²) in [5.41, 5.74) is 0. The highest BCUT2D eigenvalue weighted by atomic mass is 16.5. The molecule has 1 aromatic heterocycles. The second-order valence-electron chi connectivity index (χ2n) is 2.45. The molecule has 0 aromatic carbocycles. The Bertz CT molecular complexity index is 189. The largest absolute Gasteiger partial charge is 0.357 e. The molecule has 1 fully saturated rings. The molecule has 54 valence electrons. The lowest BCUT2D eigenvalue weighted by molar-refractivity contribution is 0.0467. The van der Waals surface area contributed by atoms with E-state index < -0.39 is 0 Å². The van der Waals surface area contributed by atoms with Gasteiger partial charge in [-0.25, -0.2) is 4.68 Å². The van der Waals surface area contributed by atoms with E-state index in [-0.39, 0.29) is 6.23 Å². The molecule has 0 saturated carbocycles. The number of rotatable bonds is 1. The van der Waals surface area contributed by atoms with E-state index >= 15 is 0 Å². The molecule has 0 spiro atoms. The van der Waals surface area contributed by atoms with Crippen LogP contribution in [0.3, 0.4) is 0 Å². The highest BCUT2D eigenvalue weighted by molar-refractivity contribution is 4.80. The molecular weight excluding hydrogens is 128 g/mol. The molecule has 1 unspecified atom stereocenters. The zero-order valence-electron chi connectivity index (χ0n) is 5.73. The summed E-state index contributed by atoms with van der Waals surface area (Å²) in [5, 5.41) is 4.09. The van der Waals surface area contributed by atoms with Gasteiger partial charge in [0.2, 0.25) is 0 Å². The molecule has 3 nitrogen and oxygen atoms in total. The SMILES string of the molecule is c1cnn(C2CCCO2)c1. The number of hydrogen-bond donors (Lipinski definition) is 0. The molecule has 1 saturated heterocycles. The monoisotopic (exact) mass is 138 g/mol. The fourth-order valence-electron chi connectivity index (χ4n) is 1.22. The quantitative estimate of drug-likeness (QED) is 0.583. The van der Waals surface area contributed by atoms with Crippen molar-refractivity contribution in [3.8, 4) is 0 Å². The molecule has 1 aromatic rings. The smallest absolute Gasteiger partial charge is 0.150 e. The van der Waals surface area contributed by atoms with Crippen LogP contribution < -0.4 is 0 Å². The zero-order valence-corrected chi connectivity index (χ0v) is 5.73. The molecule has 0 aliphatic carbocycles. The molecule has 0 N–H and O–H groups in total. The van der Waals surface area contributed by atoms with Crippen LogP contribution in [0.15, 0.2) is 18.5 Å². The van der Waals surface area contributed by atoms with Crippen LogP contribution in [0, 0.1) is 0 Å². The van der Waals surface area contributed by atoms with Crippen molar-refractivity contribution in [2.75, 3.05) is 6.61 Å². The summed E-state index contributed by atoms with van der Waals surface area (Å²) >= 11 is 0. The summed E-state index contributed by atoms with van der Waals surface area (Å²) in [6.07, 6.45) is 6.18. The molecule has 10 heavy (non-hydrogen) atoms. The Labute approximate surface area is 59.6 Å². The molecule has 1 aliphatic heterocycles. The van der Waals surface area contributed by atoms with Crippen LogP contribution in [0.1, 0.15) is 19.1 Å². The Kier molecular flexibility index (Phi) is 1.43. The number of hydrogen-bond acceptors (Lipinski definition) is 2. The minimum atomic E-state index is 0.204. The Hall–Kier alpha value is -0.830. The Morgan fingerprint density at radius 3 is 3.20 bits per heavy atom. The molecular formula is C7H10N2O. The van der Waals surface area contributed by atoms with Gasteiger partial charge in [0, 0.05) is 19.0 Å². The molecule has 1 atom stereocenters. The van der Waals surface area contributed by atoms with Gasteiger partial charge in [-0.05, 0) is 18.9 Å². The van der Waals surface area contributed by atoms with Crippen LogP contribution in [0.4, 0.5) is 0 Å². The third-order valence-electron chi connectivity index (χ3n) is 1.73. The molecule has 0 radical (unpaired) electrons. The molecule has 3 heteroatoms. The third kappa shape index (κ3) is 0.926. The van der Waals surface area contributed by atoms with E-state index in [4.69, 9.17) is 4.74 Å². The summed E-state index contributed by atoms with van der Waals surface area (Å²) in [7, 11) is 0. The van der Waals surface area contributed by atoms with E-state index in [9.17, 15) is 0 Å². The summed E-state index contributed by atoms with van der Waals surface area (Å²) in [4.78, 5) is 0. The standard InChI is InChI=1S/C7H10N2O/c1-3-7(10-6-1)9-5-2-4-8-9/h2,4-5,7H,1,3,6H2. The van der Waals surface area contributed by atoms with Gasteiger partial charge in [0.25, 0.3) is 0 Å². The normalized spacial score (nSPS) is 25.4. The number of nitrogens with zero attached hydrogens (tertiary/aromatic N) is 2. The maximum Gasteiger partial charge on any atom is 0.150 e. The Balaban J connectivity index is 2.12. The lowest BCUT2D eigenvalue weighted by Crippen LogP contribution is -2.06. The predicted octanol–water partition coefficient (Wildman–Crippen LogP) is 1.19. The average Bonchev–Trinajstić information content (AvgIpc) is 2.59. The van der Waals surface area contributed by atoms with Gasteiger partial charge in [-0.15, -0.1) is 0 Å². The van der Waals surface area contributed by atoms with E-state index in [2.05, 4.69) is 5.10 Å². The van der Waals surface area contributed by atoms with Crippen molar-refractivity contribution >= 4 is 0 Å². The van der Waals surface area contributed by atoms with Crippen LogP contribution in [-0.2, 0) is 4.74 Å². The Morgan fingerprint density at radius 2 is 2.60 bits per heavy atom. The van der Waals surface area contributed by atoms with Crippen molar-refractivity contribution in [2.45, 2.75) is 19.1 Å². The van der Waals surface area contributed by atoms with Crippen LogP contribution in [-0.4, -0.2) is 16.4 Å². The van der Waals surface area contributed by atoms with Gasteiger partial charge in [-0.2, -0.15) is 5.10 Å². The number of aromatic nitrogens is 2. The molecule has 2 heterocycles. The summed E-state index contributed by atoms with van der Waals surface area (Å²) in [6.45, 7) is 0.879. The fourth-order valence-corrected chi connectivity index (χ4v) is 1.22. The zero-order chi connectivity index (χ0) is 6.81. The first-order valence-corrected chi connectivity index (χ1v) is 3.57. The second kappa shape index (κ2) is 2.42. The van der Waals surface area contributed by atoms with Crippen molar-refractivity contribution in [1.29, 1.82) is 0 Å². The van der Waals surface area contributed by atoms with E-state index in [0.717, 1.165) is 19.4 Å². The van der Waals surface area contributed by atoms with Crippen molar-refractivity contribution in [3.63, 3.8) is 0 Å². The summed E-state index contributed by atoms with van der Waals surface area (Å²) in [5.74, 6) is 0. The number of ether oxygens (including phenoxy) is 1. The van der Waals surface area contributed by atoms with E-state index in [1.165, 1.54) is 0 Å². The first-order chi connectivity index (χ1) is 4.97. The minimum Gasteiger partial charge on any atom is -0.357 e. The maximum absolute atomic E-state index is 5.40. The minimum absolute atomic E-state index is 0.204. The average molecular weight is 138 g/mol. The highest BCUT2D eigenvalue weighted by Gasteiger charge is 2.16. The molecule has 2 rings (SSSR count).